The smallest absolute Gasteiger partial charge is 0.255 e. The zero-order valence-electron chi connectivity index (χ0n) is 24.7. The van der Waals surface area contributed by atoms with E-state index >= 15 is 0 Å². The predicted molar refractivity (Wildman–Crippen MR) is 168 cm³/mol. The minimum absolute atomic E-state index is 0.212. The van der Waals surface area contributed by atoms with Gasteiger partial charge in [-0.2, -0.15) is 4.98 Å². The molecule has 0 saturated carbocycles. The maximum Gasteiger partial charge on any atom is 0.255 e. The molecule has 3 aromatic carbocycles. The van der Waals surface area contributed by atoms with E-state index in [1.165, 1.54) is 5.56 Å². The van der Waals surface area contributed by atoms with Gasteiger partial charge in [-0.15, -0.1) is 5.10 Å². The molecule has 2 N–H and O–H groups in total. The number of carbonyl (C=O) groups is 1. The third kappa shape index (κ3) is 6.46. The quantitative estimate of drug-likeness (QED) is 0.179. The number of nitrogens with zero attached hydrogens (tertiary/aromatic N) is 3. The van der Waals surface area contributed by atoms with Crippen molar-refractivity contribution in [2.24, 2.45) is 0 Å². The van der Waals surface area contributed by atoms with Crippen LogP contribution < -0.4 is 20.1 Å². The van der Waals surface area contributed by atoms with Gasteiger partial charge in [-0.25, -0.2) is 4.68 Å². The number of aryl methyl sites for hydroxylation is 2. The fourth-order valence-corrected chi connectivity index (χ4v) is 5.52. The molecule has 1 amide bonds. The SMILES string of the molecule is CCCSc1nc2n(n1)C(c1ccc(OCc3ccccc3C)c(OCC)c1)C(C(=O)Nc1ccc(C)cc1)=C(C)N2. The minimum Gasteiger partial charge on any atom is -0.490 e. The fraction of sp³-hybridized carbons (Fsp3) is 0.303. The van der Waals surface area contributed by atoms with Crippen LogP contribution in [0.2, 0.25) is 0 Å². The lowest BCUT2D eigenvalue weighted by Crippen LogP contribution is -2.31. The Morgan fingerprint density at radius 1 is 1.00 bits per heavy atom. The Morgan fingerprint density at radius 2 is 1.79 bits per heavy atom. The van der Waals surface area contributed by atoms with Gasteiger partial charge >= 0.3 is 0 Å². The van der Waals surface area contributed by atoms with Crippen molar-refractivity contribution in [3.05, 3.63) is 100 Å². The Kier molecular flexibility index (Phi) is 9.17. The minimum atomic E-state index is -0.528. The first kappa shape index (κ1) is 29.3. The summed E-state index contributed by atoms with van der Waals surface area (Å²) in [5.74, 6) is 2.54. The van der Waals surface area contributed by atoms with Crippen LogP contribution in [0.4, 0.5) is 11.6 Å². The molecule has 1 atom stereocenters. The van der Waals surface area contributed by atoms with E-state index in [0.717, 1.165) is 40.2 Å². The van der Waals surface area contributed by atoms with Crippen molar-refractivity contribution in [3.63, 3.8) is 0 Å². The molecule has 8 nitrogen and oxygen atoms in total. The molecule has 218 valence electrons. The zero-order valence-corrected chi connectivity index (χ0v) is 25.5. The van der Waals surface area contributed by atoms with Gasteiger partial charge in [0.1, 0.15) is 12.6 Å². The summed E-state index contributed by atoms with van der Waals surface area (Å²) in [5.41, 5.74) is 6.24. The monoisotopic (exact) mass is 583 g/mol. The number of benzene rings is 3. The normalized spacial score (nSPS) is 14.3. The number of amides is 1. The lowest BCUT2D eigenvalue weighted by molar-refractivity contribution is -0.113. The maximum absolute atomic E-state index is 13.9. The number of allylic oxidation sites excluding steroid dienone is 1. The van der Waals surface area contributed by atoms with Crippen molar-refractivity contribution in [1.82, 2.24) is 14.8 Å². The van der Waals surface area contributed by atoms with E-state index in [4.69, 9.17) is 19.6 Å². The Balaban J connectivity index is 1.53. The van der Waals surface area contributed by atoms with Crippen LogP contribution in [-0.2, 0) is 11.4 Å². The average Bonchev–Trinajstić information content (AvgIpc) is 3.39. The van der Waals surface area contributed by atoms with Gasteiger partial charge in [0.25, 0.3) is 5.91 Å². The van der Waals surface area contributed by atoms with Crippen LogP contribution in [0.1, 0.15) is 55.5 Å². The highest BCUT2D eigenvalue weighted by Gasteiger charge is 2.35. The molecule has 0 bridgehead atoms. The highest BCUT2D eigenvalue weighted by atomic mass is 32.2. The maximum atomic E-state index is 13.9. The topological polar surface area (TPSA) is 90.3 Å². The second kappa shape index (κ2) is 13.2. The molecule has 4 aromatic rings. The molecule has 1 unspecified atom stereocenters. The third-order valence-corrected chi connectivity index (χ3v) is 8.09. The van der Waals surface area contributed by atoms with Crippen LogP contribution in [0.25, 0.3) is 0 Å². The summed E-state index contributed by atoms with van der Waals surface area (Å²) in [6.07, 6.45) is 1.01. The molecular weight excluding hydrogens is 546 g/mol. The highest BCUT2D eigenvalue weighted by molar-refractivity contribution is 7.99. The molecule has 1 aliphatic heterocycles. The van der Waals surface area contributed by atoms with Gasteiger partial charge in [-0.1, -0.05) is 66.7 Å². The van der Waals surface area contributed by atoms with Crippen LogP contribution >= 0.6 is 11.8 Å². The number of carbonyl (C=O) groups excluding carboxylic acids is 1. The van der Waals surface area contributed by atoms with Crippen LogP contribution in [0, 0.1) is 13.8 Å². The molecule has 1 aliphatic rings. The average molecular weight is 584 g/mol. The second-order valence-electron chi connectivity index (χ2n) is 10.3. The summed E-state index contributed by atoms with van der Waals surface area (Å²) in [4.78, 5) is 18.6. The summed E-state index contributed by atoms with van der Waals surface area (Å²) in [6.45, 7) is 11.0. The predicted octanol–water partition coefficient (Wildman–Crippen LogP) is 7.30. The van der Waals surface area contributed by atoms with Crippen LogP contribution in [0.5, 0.6) is 11.5 Å². The number of thioether (sulfide) groups is 1. The largest absolute Gasteiger partial charge is 0.490 e. The number of hydrogen-bond acceptors (Lipinski definition) is 7. The van der Waals surface area contributed by atoms with Crippen molar-refractivity contribution in [1.29, 1.82) is 0 Å². The molecule has 1 aromatic heterocycles. The summed E-state index contributed by atoms with van der Waals surface area (Å²) < 4.78 is 14.1. The number of ether oxygens (including phenoxy) is 2. The zero-order chi connectivity index (χ0) is 29.6. The van der Waals surface area contributed by atoms with Crippen molar-refractivity contribution < 1.29 is 14.3 Å². The molecular formula is C33H37N5O3S. The van der Waals surface area contributed by atoms with Crippen molar-refractivity contribution >= 4 is 29.3 Å². The van der Waals surface area contributed by atoms with Crippen molar-refractivity contribution in [2.45, 2.75) is 58.8 Å². The van der Waals surface area contributed by atoms with E-state index in [1.54, 1.807) is 16.4 Å². The Hall–Kier alpha value is -4.24. The number of aromatic nitrogens is 3. The molecule has 0 fully saturated rings. The first-order chi connectivity index (χ1) is 20.4. The van der Waals surface area contributed by atoms with Gasteiger partial charge in [-0.3, -0.25) is 4.79 Å². The molecule has 0 saturated heterocycles. The lowest BCUT2D eigenvalue weighted by atomic mass is 9.94. The number of rotatable bonds is 11. The lowest BCUT2D eigenvalue weighted by Gasteiger charge is -2.29. The van der Waals surface area contributed by atoms with Crippen LogP contribution in [-0.4, -0.2) is 33.0 Å². The molecule has 0 aliphatic carbocycles. The van der Waals surface area contributed by atoms with E-state index in [0.29, 0.717) is 41.4 Å². The van der Waals surface area contributed by atoms with Gasteiger partial charge in [-0.05, 0) is 75.1 Å². The van der Waals surface area contributed by atoms with E-state index in [2.05, 4.69) is 36.6 Å². The van der Waals surface area contributed by atoms with Crippen LogP contribution in [0.15, 0.2) is 83.2 Å². The third-order valence-electron chi connectivity index (χ3n) is 7.05. The first-order valence-corrected chi connectivity index (χ1v) is 15.3. The molecule has 0 spiro atoms. The first-order valence-electron chi connectivity index (χ1n) is 14.3. The number of fused-ring (bicyclic) bond motifs is 1. The standard InChI is InChI=1S/C33H37N5O3S/c1-6-18-42-33-36-32-34-23(5)29(31(39)35-26-15-12-21(3)13-16-26)30(38(32)37-33)24-14-17-27(28(19-24)40-7-2)41-20-25-11-9-8-10-22(25)4/h8-17,19,30H,6-7,18,20H2,1-5H3,(H,35,39)(H,34,36,37). The van der Waals surface area contributed by atoms with Gasteiger partial charge in [0.2, 0.25) is 11.1 Å². The van der Waals surface area contributed by atoms with Gasteiger partial charge in [0, 0.05) is 17.1 Å². The van der Waals surface area contributed by atoms with E-state index in [1.807, 2.05) is 75.4 Å². The van der Waals surface area contributed by atoms with Crippen LogP contribution in [0.3, 0.4) is 0 Å². The van der Waals surface area contributed by atoms with Gasteiger partial charge in [0.05, 0.1) is 12.2 Å². The van der Waals surface area contributed by atoms with Gasteiger partial charge < -0.3 is 20.1 Å². The van der Waals surface area contributed by atoms with E-state index in [-0.39, 0.29) is 5.91 Å². The summed E-state index contributed by atoms with van der Waals surface area (Å²) >= 11 is 1.60. The Labute approximate surface area is 251 Å². The summed E-state index contributed by atoms with van der Waals surface area (Å²) in [6, 6.07) is 21.2. The molecule has 42 heavy (non-hydrogen) atoms. The fourth-order valence-electron chi connectivity index (χ4n) is 4.83. The second-order valence-corrected chi connectivity index (χ2v) is 11.3. The van der Waals surface area contributed by atoms with E-state index < -0.39 is 6.04 Å². The molecule has 9 heteroatoms. The number of anilines is 2. The Morgan fingerprint density at radius 3 is 2.52 bits per heavy atom. The Bertz CT molecular complexity index is 1600. The van der Waals surface area contributed by atoms with Gasteiger partial charge in [0.15, 0.2) is 11.5 Å². The molecule has 5 rings (SSSR count). The molecule has 2 heterocycles. The highest BCUT2D eigenvalue weighted by Crippen LogP contribution is 2.40. The molecule has 0 radical (unpaired) electrons. The number of nitrogens with one attached hydrogen (secondary N) is 2. The van der Waals surface area contributed by atoms with E-state index in [9.17, 15) is 4.79 Å². The van der Waals surface area contributed by atoms with Crippen molar-refractivity contribution in [3.8, 4) is 11.5 Å². The number of hydrogen-bond donors (Lipinski definition) is 2. The summed E-state index contributed by atoms with van der Waals surface area (Å²) in [5, 5.41) is 11.9. The summed E-state index contributed by atoms with van der Waals surface area (Å²) in [7, 11) is 0. The van der Waals surface area contributed by atoms with Crippen molar-refractivity contribution in [2.75, 3.05) is 23.0 Å².